The molecule has 0 bridgehead atoms. The predicted octanol–water partition coefficient (Wildman–Crippen LogP) is 4.06. The number of furan rings is 1. The minimum atomic E-state index is -0.0938. The van der Waals surface area contributed by atoms with Gasteiger partial charge in [-0.15, -0.1) is 0 Å². The number of benzene rings is 1. The average Bonchev–Trinajstić information content (AvgIpc) is 3.12. The van der Waals surface area contributed by atoms with E-state index in [4.69, 9.17) is 9.15 Å². The Hall–Kier alpha value is -1.50. The van der Waals surface area contributed by atoms with E-state index in [0.29, 0.717) is 17.6 Å². The fraction of sp³-hybridized carbons (Fsp3) is 0.591. The highest BCUT2D eigenvalue weighted by molar-refractivity contribution is 7.99. The summed E-state index contributed by atoms with van der Waals surface area (Å²) in [4.78, 5) is 15.2. The molecule has 28 heavy (non-hydrogen) atoms. The molecule has 0 spiro atoms. The Labute approximate surface area is 171 Å². The number of ether oxygens (including phenoxy) is 1. The number of morpholine rings is 1. The molecular formula is C22H30N2O3S. The molecule has 1 saturated carbocycles. The molecule has 0 radical (unpaired) electrons. The predicted molar refractivity (Wildman–Crippen MR) is 114 cm³/mol. The minimum absolute atomic E-state index is 0.0938. The van der Waals surface area contributed by atoms with Crippen molar-refractivity contribution in [3.63, 3.8) is 0 Å². The summed E-state index contributed by atoms with van der Waals surface area (Å²) < 4.78 is 11.4. The van der Waals surface area contributed by atoms with Crippen LogP contribution in [0.2, 0.25) is 0 Å². The Morgan fingerprint density at radius 3 is 2.75 bits per heavy atom. The smallest absolute Gasteiger partial charge is 0.287 e. The molecule has 6 heteroatoms. The van der Waals surface area contributed by atoms with Crippen molar-refractivity contribution in [3.05, 3.63) is 35.6 Å². The normalized spacial score (nSPS) is 19.1. The molecule has 0 unspecified atom stereocenters. The highest BCUT2D eigenvalue weighted by Crippen LogP contribution is 2.34. The van der Waals surface area contributed by atoms with Crippen LogP contribution in [0.4, 0.5) is 0 Å². The van der Waals surface area contributed by atoms with Crippen molar-refractivity contribution < 1.29 is 13.9 Å². The average molecular weight is 403 g/mol. The van der Waals surface area contributed by atoms with Crippen molar-refractivity contribution in [2.45, 2.75) is 43.1 Å². The molecule has 0 atom stereocenters. The first-order valence-corrected chi connectivity index (χ1v) is 11.6. The molecule has 2 aliphatic rings. The number of para-hydroxylation sites is 1. The van der Waals surface area contributed by atoms with Gasteiger partial charge in [0.1, 0.15) is 5.58 Å². The van der Waals surface area contributed by atoms with Crippen molar-refractivity contribution in [2.75, 3.05) is 39.4 Å². The van der Waals surface area contributed by atoms with Gasteiger partial charge in [-0.3, -0.25) is 9.69 Å². The van der Waals surface area contributed by atoms with Gasteiger partial charge in [-0.1, -0.05) is 37.5 Å². The summed E-state index contributed by atoms with van der Waals surface area (Å²) in [5.74, 6) is 1.24. The monoisotopic (exact) mass is 402 g/mol. The standard InChI is InChI=1S/C22H30N2O3S/c25-22(23-10-11-24-12-14-26-15-13-24)21-19(16-28-17-6-2-1-3-7-17)18-8-4-5-9-20(18)27-21/h4-5,8-9,17H,1-3,6-7,10-16H2,(H,23,25). The van der Waals surface area contributed by atoms with E-state index in [1.807, 2.05) is 30.0 Å². The van der Waals surface area contributed by atoms with Crippen LogP contribution in [0, 0.1) is 0 Å². The van der Waals surface area contributed by atoms with Gasteiger partial charge in [0.15, 0.2) is 5.76 Å². The zero-order valence-electron chi connectivity index (χ0n) is 16.5. The lowest BCUT2D eigenvalue weighted by Gasteiger charge is -2.26. The van der Waals surface area contributed by atoms with Gasteiger partial charge in [-0.05, 0) is 18.9 Å². The van der Waals surface area contributed by atoms with Gasteiger partial charge in [0, 0.05) is 48.1 Å². The third-order valence-corrected chi connectivity index (χ3v) is 7.14. The minimum Gasteiger partial charge on any atom is -0.451 e. The van der Waals surface area contributed by atoms with Crippen molar-refractivity contribution >= 4 is 28.6 Å². The molecule has 1 aromatic heterocycles. The van der Waals surface area contributed by atoms with Crippen LogP contribution in [0.25, 0.3) is 11.0 Å². The molecule has 1 aromatic carbocycles. The lowest BCUT2D eigenvalue weighted by Crippen LogP contribution is -2.41. The summed E-state index contributed by atoms with van der Waals surface area (Å²) in [5, 5.41) is 4.84. The van der Waals surface area contributed by atoms with Gasteiger partial charge < -0.3 is 14.5 Å². The fourth-order valence-corrected chi connectivity index (χ4v) is 5.45. The molecule has 2 heterocycles. The Bertz CT molecular complexity index is 779. The maximum Gasteiger partial charge on any atom is 0.287 e. The van der Waals surface area contributed by atoms with Gasteiger partial charge in [-0.2, -0.15) is 11.8 Å². The van der Waals surface area contributed by atoms with E-state index in [-0.39, 0.29) is 5.91 Å². The van der Waals surface area contributed by atoms with Gasteiger partial charge in [0.2, 0.25) is 0 Å². The second-order valence-corrected chi connectivity index (χ2v) is 8.98. The molecule has 2 aromatic rings. The summed E-state index contributed by atoms with van der Waals surface area (Å²) in [6.07, 6.45) is 6.61. The SMILES string of the molecule is O=C(NCCN1CCOCC1)c1oc2ccccc2c1CSC1CCCCC1. The van der Waals surface area contributed by atoms with E-state index in [1.54, 1.807) is 0 Å². The third kappa shape index (κ3) is 4.91. The maximum atomic E-state index is 12.9. The zero-order valence-corrected chi connectivity index (χ0v) is 17.3. The van der Waals surface area contributed by atoms with Crippen molar-refractivity contribution in [2.24, 2.45) is 0 Å². The van der Waals surface area contributed by atoms with Crippen LogP contribution < -0.4 is 5.32 Å². The van der Waals surface area contributed by atoms with Crippen molar-refractivity contribution in [1.82, 2.24) is 10.2 Å². The lowest BCUT2D eigenvalue weighted by molar-refractivity contribution is 0.0382. The second-order valence-electron chi connectivity index (χ2n) is 7.69. The zero-order chi connectivity index (χ0) is 19.2. The summed E-state index contributed by atoms with van der Waals surface area (Å²) >= 11 is 1.99. The number of hydrogen-bond acceptors (Lipinski definition) is 5. The molecular weight excluding hydrogens is 372 g/mol. The molecule has 1 saturated heterocycles. The van der Waals surface area contributed by atoms with Gasteiger partial charge in [0.05, 0.1) is 13.2 Å². The first kappa shape index (κ1) is 19.8. The molecule has 1 N–H and O–H groups in total. The summed E-state index contributed by atoms with van der Waals surface area (Å²) in [6, 6.07) is 8.01. The number of thioether (sulfide) groups is 1. The Balaban J connectivity index is 1.41. The van der Waals surface area contributed by atoms with E-state index in [0.717, 1.165) is 55.1 Å². The van der Waals surface area contributed by atoms with E-state index >= 15 is 0 Å². The number of rotatable bonds is 7. The number of hydrogen-bond donors (Lipinski definition) is 1. The molecule has 1 aliphatic carbocycles. The summed E-state index contributed by atoms with van der Waals surface area (Å²) in [5.41, 5.74) is 1.86. The van der Waals surface area contributed by atoms with Crippen LogP contribution >= 0.6 is 11.8 Å². The number of nitrogens with one attached hydrogen (secondary N) is 1. The quantitative estimate of drug-likeness (QED) is 0.757. The number of carbonyl (C=O) groups excluding carboxylic acids is 1. The third-order valence-electron chi connectivity index (χ3n) is 5.74. The van der Waals surface area contributed by atoms with Crippen LogP contribution in [0.1, 0.15) is 48.2 Å². The molecule has 2 fully saturated rings. The van der Waals surface area contributed by atoms with E-state index in [1.165, 1.54) is 32.1 Å². The second kappa shape index (κ2) is 9.81. The lowest BCUT2D eigenvalue weighted by atomic mass is 10.0. The van der Waals surface area contributed by atoms with Gasteiger partial charge >= 0.3 is 0 Å². The maximum absolute atomic E-state index is 12.9. The largest absolute Gasteiger partial charge is 0.451 e. The number of amides is 1. The highest BCUT2D eigenvalue weighted by atomic mass is 32.2. The summed E-state index contributed by atoms with van der Waals surface area (Å²) in [7, 11) is 0. The Morgan fingerprint density at radius 1 is 1.14 bits per heavy atom. The number of carbonyl (C=O) groups is 1. The first-order chi connectivity index (χ1) is 13.8. The fourth-order valence-electron chi connectivity index (χ4n) is 4.09. The van der Waals surface area contributed by atoms with Crippen molar-refractivity contribution in [3.8, 4) is 0 Å². The van der Waals surface area contributed by atoms with E-state index in [2.05, 4.69) is 16.3 Å². The Morgan fingerprint density at radius 2 is 1.93 bits per heavy atom. The molecule has 1 aliphatic heterocycles. The van der Waals surface area contributed by atoms with Crippen LogP contribution in [0.15, 0.2) is 28.7 Å². The van der Waals surface area contributed by atoms with Gasteiger partial charge in [-0.25, -0.2) is 0 Å². The number of nitrogens with zero attached hydrogens (tertiary/aromatic N) is 1. The van der Waals surface area contributed by atoms with E-state index < -0.39 is 0 Å². The van der Waals surface area contributed by atoms with Crippen LogP contribution in [0.5, 0.6) is 0 Å². The van der Waals surface area contributed by atoms with E-state index in [9.17, 15) is 4.79 Å². The van der Waals surface area contributed by atoms with Crippen LogP contribution in [-0.2, 0) is 10.5 Å². The van der Waals surface area contributed by atoms with Crippen molar-refractivity contribution in [1.29, 1.82) is 0 Å². The topological polar surface area (TPSA) is 54.7 Å². The Kier molecular flexibility index (Phi) is 6.94. The molecule has 152 valence electrons. The van der Waals surface area contributed by atoms with Crippen LogP contribution in [0.3, 0.4) is 0 Å². The first-order valence-electron chi connectivity index (χ1n) is 10.5. The van der Waals surface area contributed by atoms with Crippen LogP contribution in [-0.4, -0.2) is 55.4 Å². The highest BCUT2D eigenvalue weighted by Gasteiger charge is 2.22. The molecule has 4 rings (SSSR count). The molecule has 1 amide bonds. The number of fused-ring (bicyclic) bond motifs is 1. The summed E-state index contributed by atoms with van der Waals surface area (Å²) in [6.45, 7) is 4.90. The van der Waals surface area contributed by atoms with Gasteiger partial charge in [0.25, 0.3) is 5.91 Å². The molecule has 5 nitrogen and oxygen atoms in total.